The zero-order valence-electron chi connectivity index (χ0n) is 14.1. The fourth-order valence-corrected chi connectivity index (χ4v) is 3.33. The van der Waals surface area contributed by atoms with Gasteiger partial charge in [0.25, 0.3) is 5.91 Å². The van der Waals surface area contributed by atoms with Crippen molar-refractivity contribution in [3.8, 4) is 5.75 Å². The van der Waals surface area contributed by atoms with Gasteiger partial charge in [0.2, 0.25) is 0 Å². The summed E-state index contributed by atoms with van der Waals surface area (Å²) in [5.41, 5.74) is 3.21. The Hall–Kier alpha value is -2.14. The largest absolute Gasteiger partial charge is 0.484 e. The van der Waals surface area contributed by atoms with E-state index in [1.165, 1.54) is 0 Å². The molecule has 0 spiro atoms. The van der Waals surface area contributed by atoms with E-state index in [2.05, 4.69) is 5.32 Å². The standard InChI is InChI=1S/C19H23NO3S/c1-15-8-9-18(16(2)12-15)23-13-19(21)20-10-11-24(22)14-17-6-4-3-5-7-17/h3-9,12H,10-11,13-14H2,1-2H3,(H,20,21). The maximum Gasteiger partial charge on any atom is 0.257 e. The van der Waals surface area contributed by atoms with E-state index in [1.807, 2.05) is 62.4 Å². The van der Waals surface area contributed by atoms with Gasteiger partial charge in [0, 0.05) is 28.9 Å². The molecule has 0 bridgehead atoms. The summed E-state index contributed by atoms with van der Waals surface area (Å²) >= 11 is 0. The smallest absolute Gasteiger partial charge is 0.257 e. The number of hydrogen-bond donors (Lipinski definition) is 1. The van der Waals surface area contributed by atoms with E-state index >= 15 is 0 Å². The van der Waals surface area contributed by atoms with Gasteiger partial charge in [0.1, 0.15) is 5.75 Å². The first-order valence-electron chi connectivity index (χ1n) is 7.90. The molecule has 0 aliphatic carbocycles. The molecule has 1 N–H and O–H groups in total. The summed E-state index contributed by atoms with van der Waals surface area (Å²) in [5.74, 6) is 1.45. The van der Waals surface area contributed by atoms with Crippen molar-refractivity contribution in [2.45, 2.75) is 19.6 Å². The molecule has 1 atom stereocenters. The first-order chi connectivity index (χ1) is 11.5. The topological polar surface area (TPSA) is 55.4 Å². The van der Waals surface area contributed by atoms with Crippen LogP contribution < -0.4 is 10.1 Å². The van der Waals surface area contributed by atoms with Crippen LogP contribution >= 0.6 is 0 Å². The van der Waals surface area contributed by atoms with Crippen LogP contribution in [0, 0.1) is 13.8 Å². The number of ether oxygens (including phenoxy) is 1. The fraction of sp³-hybridized carbons (Fsp3) is 0.316. The number of hydrogen-bond acceptors (Lipinski definition) is 3. The highest BCUT2D eigenvalue weighted by atomic mass is 32.2. The molecule has 0 aliphatic rings. The van der Waals surface area contributed by atoms with E-state index in [0.717, 1.165) is 16.7 Å². The molecule has 2 rings (SSSR count). The average molecular weight is 345 g/mol. The Bertz CT molecular complexity index is 701. The fourth-order valence-electron chi connectivity index (χ4n) is 2.29. The molecule has 0 heterocycles. The van der Waals surface area contributed by atoms with Crippen LogP contribution in [-0.4, -0.2) is 29.0 Å². The average Bonchev–Trinajstić information content (AvgIpc) is 2.55. The summed E-state index contributed by atoms with van der Waals surface area (Å²) in [6, 6.07) is 15.5. The Kier molecular flexibility index (Phi) is 7.00. The number of carbonyl (C=O) groups excluding carboxylic acids is 1. The van der Waals surface area contributed by atoms with E-state index in [1.54, 1.807) is 0 Å². The molecule has 0 aliphatic heterocycles. The molecule has 24 heavy (non-hydrogen) atoms. The Morgan fingerprint density at radius 1 is 1.12 bits per heavy atom. The zero-order chi connectivity index (χ0) is 17.4. The summed E-state index contributed by atoms with van der Waals surface area (Å²) in [5, 5.41) is 2.74. The van der Waals surface area contributed by atoms with Gasteiger partial charge in [-0.2, -0.15) is 0 Å². The van der Waals surface area contributed by atoms with E-state index < -0.39 is 10.8 Å². The van der Waals surface area contributed by atoms with E-state index in [0.29, 0.717) is 23.8 Å². The van der Waals surface area contributed by atoms with Crippen LogP contribution in [0.4, 0.5) is 0 Å². The van der Waals surface area contributed by atoms with E-state index in [9.17, 15) is 9.00 Å². The van der Waals surface area contributed by atoms with Gasteiger partial charge in [0.05, 0.1) is 0 Å². The van der Waals surface area contributed by atoms with Gasteiger partial charge in [-0.3, -0.25) is 9.00 Å². The van der Waals surface area contributed by atoms with Crippen molar-refractivity contribution in [3.63, 3.8) is 0 Å². The minimum absolute atomic E-state index is 0.0325. The van der Waals surface area contributed by atoms with Crippen LogP contribution in [0.15, 0.2) is 48.5 Å². The molecular formula is C19H23NO3S. The Morgan fingerprint density at radius 2 is 1.88 bits per heavy atom. The molecule has 2 aromatic carbocycles. The maximum atomic E-state index is 12.0. The lowest BCUT2D eigenvalue weighted by Crippen LogP contribution is -2.32. The molecule has 1 unspecified atom stereocenters. The van der Waals surface area contributed by atoms with Crippen LogP contribution in [0.2, 0.25) is 0 Å². The first-order valence-corrected chi connectivity index (χ1v) is 9.39. The third kappa shape index (κ3) is 6.16. The normalized spacial score (nSPS) is 11.8. The zero-order valence-corrected chi connectivity index (χ0v) is 14.9. The molecule has 0 saturated carbocycles. The number of amides is 1. The summed E-state index contributed by atoms with van der Waals surface area (Å²) in [4.78, 5) is 11.8. The molecular weight excluding hydrogens is 322 g/mol. The monoisotopic (exact) mass is 345 g/mol. The number of nitrogens with one attached hydrogen (secondary N) is 1. The van der Waals surface area contributed by atoms with Crippen LogP contribution in [0.25, 0.3) is 0 Å². The minimum Gasteiger partial charge on any atom is -0.484 e. The molecule has 0 saturated heterocycles. The Labute approximate surface area is 145 Å². The number of rotatable bonds is 8. The molecule has 128 valence electrons. The highest BCUT2D eigenvalue weighted by Gasteiger charge is 2.06. The van der Waals surface area contributed by atoms with Crippen molar-refractivity contribution in [1.82, 2.24) is 5.32 Å². The number of benzene rings is 2. The third-order valence-electron chi connectivity index (χ3n) is 3.51. The van der Waals surface area contributed by atoms with Crippen LogP contribution in [0.1, 0.15) is 16.7 Å². The lowest BCUT2D eigenvalue weighted by molar-refractivity contribution is -0.122. The van der Waals surface area contributed by atoms with Crippen molar-refractivity contribution in [2.75, 3.05) is 18.9 Å². The van der Waals surface area contributed by atoms with Crippen molar-refractivity contribution in [3.05, 3.63) is 65.2 Å². The van der Waals surface area contributed by atoms with E-state index in [4.69, 9.17) is 4.74 Å². The second-order valence-corrected chi connectivity index (χ2v) is 7.26. The van der Waals surface area contributed by atoms with Crippen LogP contribution in [0.3, 0.4) is 0 Å². The highest BCUT2D eigenvalue weighted by molar-refractivity contribution is 7.84. The van der Waals surface area contributed by atoms with Crippen LogP contribution in [0.5, 0.6) is 5.75 Å². The Balaban J connectivity index is 1.67. The first kappa shape index (κ1) is 18.2. The molecule has 0 radical (unpaired) electrons. The van der Waals surface area contributed by atoms with Gasteiger partial charge in [-0.15, -0.1) is 0 Å². The lowest BCUT2D eigenvalue weighted by Gasteiger charge is -2.10. The van der Waals surface area contributed by atoms with Crippen molar-refractivity contribution < 1.29 is 13.7 Å². The van der Waals surface area contributed by atoms with Gasteiger partial charge >= 0.3 is 0 Å². The summed E-state index contributed by atoms with van der Waals surface area (Å²) < 4.78 is 17.5. The quantitative estimate of drug-likeness (QED) is 0.800. The van der Waals surface area contributed by atoms with Crippen molar-refractivity contribution in [2.24, 2.45) is 0 Å². The van der Waals surface area contributed by atoms with E-state index in [-0.39, 0.29) is 12.5 Å². The van der Waals surface area contributed by atoms with Gasteiger partial charge in [0.15, 0.2) is 6.61 Å². The predicted molar refractivity (Wildman–Crippen MR) is 97.6 cm³/mol. The second kappa shape index (κ2) is 9.23. The van der Waals surface area contributed by atoms with Crippen molar-refractivity contribution >= 4 is 16.7 Å². The van der Waals surface area contributed by atoms with Gasteiger partial charge in [-0.05, 0) is 31.0 Å². The molecule has 0 fully saturated rings. The number of aryl methyl sites for hydroxylation is 2. The van der Waals surface area contributed by atoms with Gasteiger partial charge in [-0.1, -0.05) is 48.0 Å². The maximum absolute atomic E-state index is 12.0. The van der Waals surface area contributed by atoms with Gasteiger partial charge < -0.3 is 10.1 Å². The lowest BCUT2D eigenvalue weighted by atomic mass is 10.1. The summed E-state index contributed by atoms with van der Waals surface area (Å²) in [6.07, 6.45) is 0. The third-order valence-corrected chi connectivity index (χ3v) is 4.83. The predicted octanol–water partition coefficient (Wildman–Crippen LogP) is 2.75. The molecule has 2 aromatic rings. The summed E-state index contributed by atoms with van der Waals surface area (Å²) in [7, 11) is -0.989. The second-order valence-electron chi connectivity index (χ2n) is 5.68. The molecule has 5 heteroatoms. The van der Waals surface area contributed by atoms with Gasteiger partial charge in [-0.25, -0.2) is 0 Å². The molecule has 0 aromatic heterocycles. The molecule has 1 amide bonds. The Morgan fingerprint density at radius 3 is 2.58 bits per heavy atom. The van der Waals surface area contributed by atoms with Crippen LogP contribution in [-0.2, 0) is 21.3 Å². The van der Waals surface area contributed by atoms with Crippen molar-refractivity contribution in [1.29, 1.82) is 0 Å². The number of carbonyl (C=O) groups is 1. The SMILES string of the molecule is Cc1ccc(OCC(=O)NCCS(=O)Cc2ccccc2)c(C)c1. The summed E-state index contributed by atoms with van der Waals surface area (Å²) in [6.45, 7) is 4.32. The molecule has 4 nitrogen and oxygen atoms in total. The minimum atomic E-state index is -0.989. The highest BCUT2D eigenvalue weighted by Crippen LogP contribution is 2.18.